The minimum atomic E-state index is -0.804. The Kier molecular flexibility index (Phi) is 7.11. The van der Waals surface area contributed by atoms with Crippen LogP contribution < -0.4 is 0 Å². The van der Waals surface area contributed by atoms with E-state index in [4.69, 9.17) is 24.0 Å². The van der Waals surface area contributed by atoms with Gasteiger partial charge in [0.15, 0.2) is 5.79 Å². The van der Waals surface area contributed by atoms with Crippen LogP contribution in [-0.2, 0) is 23.7 Å². The average molecular weight is 383 g/mol. The first-order chi connectivity index (χ1) is 13.1. The molecule has 0 radical (unpaired) electrons. The number of carbonyl (C=O) groups is 1. The van der Waals surface area contributed by atoms with Crippen LogP contribution in [0.5, 0.6) is 0 Å². The molecule has 0 aromatic rings. The van der Waals surface area contributed by atoms with E-state index in [2.05, 4.69) is 11.9 Å². The lowest BCUT2D eigenvalue weighted by Crippen LogP contribution is -2.51. The largest absolute Gasteiger partial charge is 0.466 e. The number of esters is 1. The van der Waals surface area contributed by atoms with Crippen LogP contribution >= 0.6 is 0 Å². The number of carbonyl (C=O) groups excluding carboxylic acids is 1. The normalized spacial score (nSPS) is 30.9. The van der Waals surface area contributed by atoms with Crippen LogP contribution in [-0.4, -0.2) is 68.6 Å². The lowest BCUT2D eigenvalue weighted by atomic mass is 9.72. The molecule has 0 bridgehead atoms. The minimum Gasteiger partial charge on any atom is -0.466 e. The van der Waals surface area contributed by atoms with E-state index in [9.17, 15) is 4.79 Å². The van der Waals surface area contributed by atoms with Crippen LogP contribution in [0.1, 0.15) is 52.4 Å². The Bertz CT molecular complexity index is 532. The summed E-state index contributed by atoms with van der Waals surface area (Å²) >= 11 is 0. The van der Waals surface area contributed by atoms with Crippen molar-refractivity contribution in [3.63, 3.8) is 0 Å². The van der Waals surface area contributed by atoms with Crippen molar-refractivity contribution in [1.82, 2.24) is 5.01 Å². The van der Waals surface area contributed by atoms with Gasteiger partial charge in [-0.15, -0.1) is 0 Å². The Morgan fingerprint density at radius 2 is 2.04 bits per heavy atom. The van der Waals surface area contributed by atoms with Gasteiger partial charge >= 0.3 is 5.97 Å². The van der Waals surface area contributed by atoms with Crippen molar-refractivity contribution < 1.29 is 23.7 Å². The fraction of sp³-hybridized carbons (Fsp3) is 0.900. The van der Waals surface area contributed by atoms with Crippen LogP contribution in [0.2, 0.25) is 0 Å². The summed E-state index contributed by atoms with van der Waals surface area (Å²) in [6, 6.07) is 0.352. The molecule has 0 aromatic carbocycles. The molecule has 0 N–H and O–H groups in total. The first-order valence-corrected chi connectivity index (χ1v) is 10.3. The number of hydrogen-bond acceptors (Lipinski definition) is 7. The number of ether oxygens (including phenoxy) is 4. The molecule has 7 heteroatoms. The van der Waals surface area contributed by atoms with Crippen molar-refractivity contribution >= 4 is 11.7 Å². The summed E-state index contributed by atoms with van der Waals surface area (Å²) in [4.78, 5) is 12.8. The van der Waals surface area contributed by atoms with Gasteiger partial charge in [0, 0.05) is 25.8 Å². The van der Waals surface area contributed by atoms with E-state index in [0.29, 0.717) is 32.5 Å². The van der Waals surface area contributed by atoms with Gasteiger partial charge < -0.3 is 18.9 Å². The molecule has 154 valence electrons. The maximum absolute atomic E-state index is 12.8. The molecule has 0 aromatic heterocycles. The molecule has 0 unspecified atom stereocenters. The first kappa shape index (κ1) is 20.6. The zero-order valence-corrected chi connectivity index (χ0v) is 16.9. The SMILES string of the molecule is CCOC(=O)[C@@H]1[C@@H](C/C(C)=N/N2CCC[C@H]2COC)CCCC12OCCO2. The molecule has 2 heterocycles. The maximum Gasteiger partial charge on any atom is 0.314 e. The number of methoxy groups -OCH3 is 1. The molecular weight excluding hydrogens is 348 g/mol. The van der Waals surface area contributed by atoms with E-state index in [0.717, 1.165) is 50.8 Å². The molecule has 1 spiro atoms. The van der Waals surface area contributed by atoms with Crippen molar-refractivity contribution in [2.45, 2.75) is 64.2 Å². The summed E-state index contributed by atoms with van der Waals surface area (Å²) in [5.74, 6) is -1.26. The number of hydrogen-bond donors (Lipinski definition) is 0. The van der Waals surface area contributed by atoms with Crippen molar-refractivity contribution in [3.8, 4) is 0 Å². The lowest BCUT2D eigenvalue weighted by Gasteiger charge is -2.42. The fourth-order valence-electron chi connectivity index (χ4n) is 4.86. The molecule has 0 amide bonds. The number of hydrazone groups is 1. The Balaban J connectivity index is 1.72. The standard InChI is InChI=1S/C20H34N2O5/c1-4-25-19(23)18-16(7-5-9-20(18)26-11-12-27-20)13-15(2)21-22-10-6-8-17(22)14-24-3/h16-18H,4-14H2,1-3H3/b21-15+/t16-,17+,18+/m1/s1. The highest BCUT2D eigenvalue weighted by Gasteiger charge is 2.54. The van der Waals surface area contributed by atoms with Crippen LogP contribution in [0.4, 0.5) is 0 Å². The quantitative estimate of drug-likeness (QED) is 0.498. The van der Waals surface area contributed by atoms with Gasteiger partial charge in [0.05, 0.1) is 32.5 Å². The molecule has 3 atom stereocenters. The summed E-state index contributed by atoms with van der Waals surface area (Å²) in [6.45, 7) is 7.03. The highest BCUT2D eigenvalue weighted by Crippen LogP contribution is 2.45. The van der Waals surface area contributed by atoms with Gasteiger partial charge in [0.25, 0.3) is 0 Å². The molecule has 3 rings (SSSR count). The third-order valence-corrected chi connectivity index (χ3v) is 5.92. The van der Waals surface area contributed by atoms with Gasteiger partial charge in [0.1, 0.15) is 5.92 Å². The fourth-order valence-corrected chi connectivity index (χ4v) is 4.86. The van der Waals surface area contributed by atoms with E-state index in [1.807, 2.05) is 6.92 Å². The molecule has 2 aliphatic heterocycles. The van der Waals surface area contributed by atoms with E-state index in [1.165, 1.54) is 0 Å². The summed E-state index contributed by atoms with van der Waals surface area (Å²) in [5, 5.41) is 7.01. The average Bonchev–Trinajstić information content (AvgIpc) is 3.26. The maximum atomic E-state index is 12.8. The molecule has 1 saturated carbocycles. The molecule has 1 aliphatic carbocycles. The highest BCUT2D eigenvalue weighted by molar-refractivity contribution is 5.83. The summed E-state index contributed by atoms with van der Waals surface area (Å²) in [6.07, 6.45) is 5.73. The smallest absolute Gasteiger partial charge is 0.314 e. The van der Waals surface area contributed by atoms with Crippen molar-refractivity contribution in [2.24, 2.45) is 16.9 Å². The monoisotopic (exact) mass is 382 g/mol. The van der Waals surface area contributed by atoms with Gasteiger partial charge in [-0.25, -0.2) is 0 Å². The summed E-state index contributed by atoms with van der Waals surface area (Å²) < 4.78 is 22.6. The molecule has 3 aliphatic rings. The molecular formula is C20H34N2O5. The van der Waals surface area contributed by atoms with Crippen molar-refractivity contribution in [2.75, 3.05) is 40.1 Å². The van der Waals surface area contributed by atoms with Crippen LogP contribution in [0.15, 0.2) is 5.10 Å². The van der Waals surface area contributed by atoms with Gasteiger partial charge in [-0.1, -0.05) is 0 Å². The van der Waals surface area contributed by atoms with Crippen LogP contribution in [0.25, 0.3) is 0 Å². The topological polar surface area (TPSA) is 69.6 Å². The second kappa shape index (κ2) is 9.34. The molecule has 3 fully saturated rings. The van der Waals surface area contributed by atoms with E-state index in [-0.39, 0.29) is 17.8 Å². The van der Waals surface area contributed by atoms with Crippen molar-refractivity contribution in [1.29, 1.82) is 0 Å². The zero-order chi connectivity index (χ0) is 19.3. The second-order valence-electron chi connectivity index (χ2n) is 7.84. The van der Waals surface area contributed by atoms with Crippen LogP contribution in [0, 0.1) is 11.8 Å². The molecule has 2 saturated heterocycles. The van der Waals surface area contributed by atoms with Gasteiger partial charge in [0.2, 0.25) is 0 Å². The third-order valence-electron chi connectivity index (χ3n) is 5.92. The van der Waals surface area contributed by atoms with Crippen LogP contribution in [0.3, 0.4) is 0 Å². The number of rotatable bonds is 7. The van der Waals surface area contributed by atoms with E-state index in [1.54, 1.807) is 7.11 Å². The predicted octanol–water partition coefficient (Wildman–Crippen LogP) is 2.59. The second-order valence-corrected chi connectivity index (χ2v) is 7.84. The third kappa shape index (κ3) is 4.63. The molecule has 27 heavy (non-hydrogen) atoms. The summed E-state index contributed by atoms with van der Waals surface area (Å²) in [7, 11) is 1.74. The first-order valence-electron chi connectivity index (χ1n) is 10.3. The summed E-state index contributed by atoms with van der Waals surface area (Å²) in [5.41, 5.74) is 1.05. The Hall–Kier alpha value is -1.18. The Morgan fingerprint density at radius 1 is 1.26 bits per heavy atom. The number of nitrogens with zero attached hydrogens (tertiary/aromatic N) is 2. The lowest BCUT2D eigenvalue weighted by molar-refractivity contribution is -0.232. The van der Waals surface area contributed by atoms with Gasteiger partial charge in [-0.05, 0) is 51.9 Å². The molecule has 7 nitrogen and oxygen atoms in total. The van der Waals surface area contributed by atoms with Crippen molar-refractivity contribution in [3.05, 3.63) is 0 Å². The zero-order valence-electron chi connectivity index (χ0n) is 16.9. The Labute approximate surface area is 162 Å². The minimum absolute atomic E-state index is 0.128. The highest BCUT2D eigenvalue weighted by atomic mass is 16.7. The van der Waals surface area contributed by atoms with E-state index < -0.39 is 5.79 Å². The predicted molar refractivity (Wildman–Crippen MR) is 101 cm³/mol. The van der Waals surface area contributed by atoms with Gasteiger partial charge in [-0.2, -0.15) is 5.10 Å². The van der Waals surface area contributed by atoms with Gasteiger partial charge in [-0.3, -0.25) is 9.80 Å². The van der Waals surface area contributed by atoms with E-state index >= 15 is 0 Å². The Morgan fingerprint density at radius 3 is 2.74 bits per heavy atom.